The average molecular weight is 154 g/mol. The second-order valence-electron chi connectivity index (χ2n) is 4.46. The highest BCUT2D eigenvalue weighted by atomic mass is 14.8. The molecule has 2 nitrogen and oxygen atoms in total. The molecule has 0 aromatic carbocycles. The molecular weight excluding hydrogens is 136 g/mol. The van der Waals surface area contributed by atoms with Crippen LogP contribution in [0.1, 0.15) is 19.8 Å². The van der Waals surface area contributed by atoms with E-state index in [2.05, 4.69) is 6.92 Å². The minimum absolute atomic E-state index is 0.358. The second kappa shape index (κ2) is 2.20. The van der Waals surface area contributed by atoms with E-state index in [4.69, 9.17) is 11.5 Å². The summed E-state index contributed by atoms with van der Waals surface area (Å²) < 4.78 is 0. The smallest absolute Gasteiger partial charge is 0.000556 e. The number of hydrogen-bond donors (Lipinski definition) is 2. The van der Waals surface area contributed by atoms with Crippen LogP contribution in [0.25, 0.3) is 0 Å². The van der Waals surface area contributed by atoms with E-state index in [-0.39, 0.29) is 0 Å². The SMILES string of the molecule is CC1CC2C1CC2(CN)CN. The summed E-state index contributed by atoms with van der Waals surface area (Å²) >= 11 is 0. The lowest BCUT2D eigenvalue weighted by atomic mass is 9.41. The van der Waals surface area contributed by atoms with Crippen LogP contribution in [0.15, 0.2) is 0 Å². The third kappa shape index (κ3) is 0.744. The Hall–Kier alpha value is -0.0800. The van der Waals surface area contributed by atoms with E-state index in [9.17, 15) is 0 Å². The van der Waals surface area contributed by atoms with Crippen LogP contribution in [0.4, 0.5) is 0 Å². The number of fused-ring (bicyclic) bond motifs is 1. The molecule has 2 heteroatoms. The molecule has 0 aromatic rings. The summed E-state index contributed by atoms with van der Waals surface area (Å²) in [6.45, 7) is 3.95. The Balaban J connectivity index is 2.00. The zero-order valence-electron chi connectivity index (χ0n) is 7.22. The van der Waals surface area contributed by atoms with Crippen LogP contribution in [-0.4, -0.2) is 13.1 Å². The summed E-state index contributed by atoms with van der Waals surface area (Å²) in [5, 5.41) is 0. The summed E-state index contributed by atoms with van der Waals surface area (Å²) in [6, 6.07) is 0. The van der Waals surface area contributed by atoms with Crippen LogP contribution in [0.2, 0.25) is 0 Å². The Kier molecular flexibility index (Phi) is 1.52. The molecule has 2 fully saturated rings. The fourth-order valence-corrected chi connectivity index (χ4v) is 3.01. The maximum atomic E-state index is 5.73. The molecule has 0 radical (unpaired) electrons. The van der Waals surface area contributed by atoms with Crippen LogP contribution in [0.3, 0.4) is 0 Å². The van der Waals surface area contributed by atoms with Crippen molar-refractivity contribution in [2.75, 3.05) is 13.1 Å². The molecule has 11 heavy (non-hydrogen) atoms. The van der Waals surface area contributed by atoms with Crippen LogP contribution in [0.5, 0.6) is 0 Å². The van der Waals surface area contributed by atoms with Crippen molar-refractivity contribution in [2.24, 2.45) is 34.6 Å². The van der Waals surface area contributed by atoms with E-state index in [0.717, 1.165) is 30.8 Å². The molecule has 0 heterocycles. The largest absolute Gasteiger partial charge is 0.330 e. The first-order valence-electron chi connectivity index (χ1n) is 4.63. The van der Waals surface area contributed by atoms with Crippen molar-refractivity contribution in [3.63, 3.8) is 0 Å². The van der Waals surface area contributed by atoms with Gasteiger partial charge in [0.2, 0.25) is 0 Å². The van der Waals surface area contributed by atoms with Crippen molar-refractivity contribution in [1.29, 1.82) is 0 Å². The van der Waals surface area contributed by atoms with Gasteiger partial charge < -0.3 is 11.5 Å². The highest BCUT2D eigenvalue weighted by molar-refractivity contribution is 5.10. The van der Waals surface area contributed by atoms with Gasteiger partial charge in [0.15, 0.2) is 0 Å². The highest BCUT2D eigenvalue weighted by Gasteiger charge is 2.59. The molecule has 0 aromatic heterocycles. The van der Waals surface area contributed by atoms with Crippen LogP contribution < -0.4 is 11.5 Å². The van der Waals surface area contributed by atoms with Crippen molar-refractivity contribution in [2.45, 2.75) is 19.8 Å². The quantitative estimate of drug-likeness (QED) is 0.611. The predicted molar refractivity (Wildman–Crippen MR) is 45.9 cm³/mol. The first-order chi connectivity index (χ1) is 5.23. The zero-order chi connectivity index (χ0) is 8.06. The maximum absolute atomic E-state index is 5.73. The normalized spacial score (nSPS) is 45.5. The maximum Gasteiger partial charge on any atom is -0.000556 e. The first kappa shape index (κ1) is 7.56. The monoisotopic (exact) mass is 154 g/mol. The summed E-state index contributed by atoms with van der Waals surface area (Å²) in [7, 11) is 0. The molecule has 2 saturated carbocycles. The Morgan fingerprint density at radius 3 is 2.27 bits per heavy atom. The van der Waals surface area contributed by atoms with Crippen LogP contribution >= 0.6 is 0 Å². The highest BCUT2D eigenvalue weighted by Crippen LogP contribution is 2.63. The fourth-order valence-electron chi connectivity index (χ4n) is 3.01. The molecule has 3 atom stereocenters. The van der Waals surface area contributed by atoms with Crippen molar-refractivity contribution >= 4 is 0 Å². The Bertz CT molecular complexity index is 163. The standard InChI is InChI=1S/C9H18N2/c1-6-2-8-7(6)3-9(8,4-10)5-11/h6-8H,2-5,10-11H2,1H3. The van der Waals surface area contributed by atoms with Gasteiger partial charge in [0.25, 0.3) is 0 Å². The lowest BCUT2D eigenvalue weighted by molar-refractivity contribution is -0.144. The van der Waals surface area contributed by atoms with Crippen molar-refractivity contribution in [3.05, 3.63) is 0 Å². The van der Waals surface area contributed by atoms with Crippen molar-refractivity contribution < 1.29 is 0 Å². The van der Waals surface area contributed by atoms with E-state index >= 15 is 0 Å². The van der Waals surface area contributed by atoms with Gasteiger partial charge in [0, 0.05) is 0 Å². The van der Waals surface area contributed by atoms with Gasteiger partial charge in [-0.15, -0.1) is 0 Å². The molecule has 0 spiro atoms. The third-order valence-corrected chi connectivity index (χ3v) is 4.12. The van der Waals surface area contributed by atoms with E-state index in [1.807, 2.05) is 0 Å². The van der Waals surface area contributed by atoms with Gasteiger partial charge in [-0.25, -0.2) is 0 Å². The Morgan fingerprint density at radius 1 is 1.36 bits per heavy atom. The minimum Gasteiger partial charge on any atom is -0.330 e. The average Bonchev–Trinajstić information content (AvgIpc) is 2.02. The number of hydrogen-bond acceptors (Lipinski definition) is 2. The molecule has 0 bridgehead atoms. The fraction of sp³-hybridized carbons (Fsp3) is 1.00. The van der Waals surface area contributed by atoms with E-state index in [1.165, 1.54) is 12.8 Å². The lowest BCUT2D eigenvalue weighted by Crippen LogP contribution is -2.63. The third-order valence-electron chi connectivity index (χ3n) is 4.12. The van der Waals surface area contributed by atoms with E-state index < -0.39 is 0 Å². The summed E-state index contributed by atoms with van der Waals surface area (Å²) in [4.78, 5) is 0. The van der Waals surface area contributed by atoms with Gasteiger partial charge in [-0.1, -0.05) is 6.92 Å². The molecule has 0 amide bonds. The predicted octanol–water partition coefficient (Wildman–Crippen LogP) is 0.566. The van der Waals surface area contributed by atoms with Crippen molar-refractivity contribution in [3.8, 4) is 0 Å². The van der Waals surface area contributed by atoms with Gasteiger partial charge in [0.05, 0.1) is 0 Å². The molecular formula is C9H18N2. The molecule has 2 aliphatic rings. The van der Waals surface area contributed by atoms with Crippen molar-refractivity contribution in [1.82, 2.24) is 0 Å². The lowest BCUT2D eigenvalue weighted by Gasteiger charge is -2.64. The van der Waals surface area contributed by atoms with E-state index in [1.54, 1.807) is 0 Å². The number of rotatable bonds is 2. The molecule has 2 rings (SSSR count). The molecule has 64 valence electrons. The first-order valence-corrected chi connectivity index (χ1v) is 4.63. The minimum atomic E-state index is 0.358. The van der Waals surface area contributed by atoms with Gasteiger partial charge in [-0.2, -0.15) is 0 Å². The second-order valence-corrected chi connectivity index (χ2v) is 4.46. The molecule has 4 N–H and O–H groups in total. The zero-order valence-corrected chi connectivity index (χ0v) is 7.22. The molecule has 0 saturated heterocycles. The summed E-state index contributed by atoms with van der Waals surface area (Å²) in [5.74, 6) is 2.81. The number of nitrogens with two attached hydrogens (primary N) is 2. The Morgan fingerprint density at radius 2 is 2.00 bits per heavy atom. The molecule has 0 aliphatic heterocycles. The van der Waals surface area contributed by atoms with Gasteiger partial charge in [-0.05, 0) is 49.1 Å². The van der Waals surface area contributed by atoms with Gasteiger partial charge in [0.1, 0.15) is 0 Å². The van der Waals surface area contributed by atoms with Crippen LogP contribution in [0, 0.1) is 23.2 Å². The Labute approximate surface area is 68.3 Å². The molecule has 3 unspecified atom stereocenters. The summed E-state index contributed by atoms with van der Waals surface area (Å²) in [5.41, 5.74) is 11.8. The topological polar surface area (TPSA) is 52.0 Å². The van der Waals surface area contributed by atoms with Crippen LogP contribution in [-0.2, 0) is 0 Å². The van der Waals surface area contributed by atoms with Gasteiger partial charge >= 0.3 is 0 Å². The van der Waals surface area contributed by atoms with Gasteiger partial charge in [-0.3, -0.25) is 0 Å². The molecule has 2 aliphatic carbocycles. The van der Waals surface area contributed by atoms with E-state index in [0.29, 0.717) is 5.41 Å². The summed E-state index contributed by atoms with van der Waals surface area (Å²) in [6.07, 6.45) is 2.67.